The zero-order valence-electron chi connectivity index (χ0n) is 18.9. The van der Waals surface area contributed by atoms with Gasteiger partial charge in [-0.15, -0.1) is 0 Å². The van der Waals surface area contributed by atoms with E-state index in [0.29, 0.717) is 0 Å². The van der Waals surface area contributed by atoms with Gasteiger partial charge in [0.15, 0.2) is 0 Å². The second-order valence-electron chi connectivity index (χ2n) is 8.62. The van der Waals surface area contributed by atoms with Gasteiger partial charge in [-0.25, -0.2) is 0 Å². The van der Waals surface area contributed by atoms with E-state index in [2.05, 4.69) is 134 Å². The van der Waals surface area contributed by atoms with Crippen LogP contribution in [0.1, 0.15) is 5.56 Å². The summed E-state index contributed by atoms with van der Waals surface area (Å²) >= 11 is 0. The largest absolute Gasteiger partial charge is 0.0984 e. The molecule has 0 heteroatoms. The Morgan fingerprint density at radius 3 is 1.74 bits per heavy atom. The van der Waals surface area contributed by atoms with Crippen LogP contribution in [0.5, 0.6) is 0 Å². The number of benzene rings is 6. The van der Waals surface area contributed by atoms with Gasteiger partial charge in [0.25, 0.3) is 0 Å². The average Bonchev–Trinajstić information content (AvgIpc) is 2.92. The van der Waals surface area contributed by atoms with Gasteiger partial charge in [-0.05, 0) is 78.7 Å². The van der Waals surface area contributed by atoms with E-state index in [1.54, 1.807) is 0 Å². The van der Waals surface area contributed by atoms with Gasteiger partial charge in [0.1, 0.15) is 0 Å². The third-order valence-corrected chi connectivity index (χ3v) is 6.60. The van der Waals surface area contributed by atoms with E-state index in [4.69, 9.17) is 0 Å². The predicted octanol–water partition coefficient (Wildman–Crippen LogP) is 9.64. The molecule has 0 N–H and O–H groups in total. The molecule has 160 valence electrons. The zero-order valence-corrected chi connectivity index (χ0v) is 18.9. The van der Waals surface area contributed by atoms with Crippen molar-refractivity contribution >= 4 is 27.6 Å². The maximum atomic E-state index is 4.13. The third kappa shape index (κ3) is 3.41. The lowest BCUT2D eigenvalue weighted by atomic mass is 9.82. The second-order valence-corrected chi connectivity index (χ2v) is 8.62. The molecular formula is C34H24. The Bertz CT molecular complexity index is 1640. The topological polar surface area (TPSA) is 0 Å². The third-order valence-electron chi connectivity index (χ3n) is 6.60. The Morgan fingerprint density at radius 2 is 1.03 bits per heavy atom. The van der Waals surface area contributed by atoms with Crippen LogP contribution in [0, 0.1) is 0 Å². The summed E-state index contributed by atoms with van der Waals surface area (Å²) in [5.74, 6) is 0. The molecule has 0 atom stereocenters. The van der Waals surface area contributed by atoms with E-state index >= 15 is 0 Å². The van der Waals surface area contributed by atoms with Crippen molar-refractivity contribution in [2.45, 2.75) is 0 Å². The summed E-state index contributed by atoms with van der Waals surface area (Å²) in [6.45, 7) is 4.13. The van der Waals surface area contributed by atoms with E-state index in [0.717, 1.165) is 5.56 Å². The molecule has 0 unspecified atom stereocenters. The first kappa shape index (κ1) is 20.2. The number of fused-ring (bicyclic) bond motifs is 2. The fourth-order valence-electron chi connectivity index (χ4n) is 5.02. The Labute approximate surface area is 200 Å². The highest BCUT2D eigenvalue weighted by Crippen LogP contribution is 2.46. The van der Waals surface area contributed by atoms with Gasteiger partial charge in [0.2, 0.25) is 0 Å². The first-order valence-electron chi connectivity index (χ1n) is 11.7. The summed E-state index contributed by atoms with van der Waals surface area (Å²) in [5, 5.41) is 5.00. The highest BCUT2D eigenvalue weighted by molar-refractivity contribution is 6.14. The van der Waals surface area contributed by atoms with Crippen LogP contribution in [0.2, 0.25) is 0 Å². The fraction of sp³-hybridized carbons (Fsp3) is 0. The molecule has 0 nitrogen and oxygen atoms in total. The standard InChI is InChI=1S/C34H24/c1-2-24-13-11-12-20-30(24)34-32-22-28-19-10-9-18-27(28)21-29(32)23-31(25-14-5-3-6-15-25)33(34)26-16-7-4-8-17-26/h2-23H,1H2. The summed E-state index contributed by atoms with van der Waals surface area (Å²) in [7, 11) is 0. The van der Waals surface area contributed by atoms with E-state index in [9.17, 15) is 0 Å². The van der Waals surface area contributed by atoms with Crippen molar-refractivity contribution in [3.8, 4) is 33.4 Å². The molecule has 0 saturated heterocycles. The lowest BCUT2D eigenvalue weighted by molar-refractivity contribution is 1.57. The summed E-state index contributed by atoms with van der Waals surface area (Å²) in [5.41, 5.74) is 8.52. The smallest absolute Gasteiger partial charge is 0.00143 e. The molecule has 0 saturated carbocycles. The summed E-state index contributed by atoms with van der Waals surface area (Å²) in [6, 6.07) is 45.7. The minimum atomic E-state index is 1.14. The molecule has 0 fully saturated rings. The molecule has 0 aliphatic carbocycles. The van der Waals surface area contributed by atoms with Crippen LogP contribution in [-0.2, 0) is 0 Å². The highest BCUT2D eigenvalue weighted by atomic mass is 14.2. The van der Waals surface area contributed by atoms with Crippen LogP contribution in [-0.4, -0.2) is 0 Å². The molecule has 0 radical (unpaired) electrons. The normalized spacial score (nSPS) is 11.1. The lowest BCUT2D eigenvalue weighted by Crippen LogP contribution is -1.95. The number of rotatable bonds is 4. The predicted molar refractivity (Wildman–Crippen MR) is 148 cm³/mol. The van der Waals surface area contributed by atoms with Crippen LogP contribution in [0.3, 0.4) is 0 Å². The van der Waals surface area contributed by atoms with Crippen LogP contribution in [0.25, 0.3) is 61.0 Å². The first-order valence-corrected chi connectivity index (χ1v) is 11.7. The molecular weight excluding hydrogens is 408 g/mol. The SMILES string of the molecule is C=Cc1ccccc1-c1c(-c2ccccc2)c(-c2ccccc2)cc2cc3ccccc3cc12. The molecule has 0 heterocycles. The van der Waals surface area contributed by atoms with E-state index in [1.807, 2.05) is 6.08 Å². The molecule has 0 aromatic heterocycles. The molecule has 0 aliphatic rings. The summed E-state index contributed by atoms with van der Waals surface area (Å²) < 4.78 is 0. The number of hydrogen-bond acceptors (Lipinski definition) is 0. The first-order chi connectivity index (χ1) is 16.8. The maximum absolute atomic E-state index is 4.13. The zero-order chi connectivity index (χ0) is 22.9. The molecule has 0 spiro atoms. The molecule has 0 aliphatic heterocycles. The van der Waals surface area contributed by atoms with Crippen LogP contribution >= 0.6 is 0 Å². The van der Waals surface area contributed by atoms with Crippen molar-refractivity contribution in [2.75, 3.05) is 0 Å². The number of hydrogen-bond donors (Lipinski definition) is 0. The Hall–Kier alpha value is -4.42. The minimum Gasteiger partial charge on any atom is -0.0984 e. The molecule has 34 heavy (non-hydrogen) atoms. The maximum Gasteiger partial charge on any atom is -0.00143 e. The van der Waals surface area contributed by atoms with Crippen molar-refractivity contribution < 1.29 is 0 Å². The molecule has 6 aromatic rings. The van der Waals surface area contributed by atoms with Gasteiger partial charge in [-0.3, -0.25) is 0 Å². The molecule has 6 aromatic carbocycles. The van der Waals surface area contributed by atoms with Gasteiger partial charge in [0.05, 0.1) is 0 Å². The second kappa shape index (κ2) is 8.50. The van der Waals surface area contributed by atoms with Crippen molar-refractivity contribution in [2.24, 2.45) is 0 Å². The van der Waals surface area contributed by atoms with Crippen LogP contribution in [0.4, 0.5) is 0 Å². The molecule has 0 amide bonds. The lowest BCUT2D eigenvalue weighted by Gasteiger charge is -2.21. The van der Waals surface area contributed by atoms with Gasteiger partial charge in [-0.1, -0.05) is 122 Å². The van der Waals surface area contributed by atoms with Crippen molar-refractivity contribution in [1.29, 1.82) is 0 Å². The fourth-order valence-corrected chi connectivity index (χ4v) is 5.02. The quantitative estimate of drug-likeness (QED) is 0.243. The Kier molecular flexibility index (Phi) is 5.05. The summed E-state index contributed by atoms with van der Waals surface area (Å²) in [4.78, 5) is 0. The van der Waals surface area contributed by atoms with Gasteiger partial charge >= 0.3 is 0 Å². The minimum absolute atomic E-state index is 1.14. The monoisotopic (exact) mass is 432 g/mol. The van der Waals surface area contributed by atoms with E-state index in [-0.39, 0.29) is 0 Å². The Morgan fingerprint density at radius 1 is 0.441 bits per heavy atom. The van der Waals surface area contributed by atoms with Gasteiger partial charge in [0, 0.05) is 0 Å². The van der Waals surface area contributed by atoms with Crippen molar-refractivity contribution in [1.82, 2.24) is 0 Å². The van der Waals surface area contributed by atoms with Crippen LogP contribution in [0.15, 0.2) is 134 Å². The van der Waals surface area contributed by atoms with Crippen molar-refractivity contribution in [3.63, 3.8) is 0 Å². The van der Waals surface area contributed by atoms with Crippen LogP contribution < -0.4 is 0 Å². The van der Waals surface area contributed by atoms with Gasteiger partial charge < -0.3 is 0 Å². The van der Waals surface area contributed by atoms with Crippen molar-refractivity contribution in [3.05, 3.63) is 140 Å². The van der Waals surface area contributed by atoms with E-state index < -0.39 is 0 Å². The van der Waals surface area contributed by atoms with Gasteiger partial charge in [-0.2, -0.15) is 0 Å². The highest BCUT2D eigenvalue weighted by Gasteiger charge is 2.19. The molecule has 6 rings (SSSR count). The van der Waals surface area contributed by atoms with E-state index in [1.165, 1.54) is 54.9 Å². The average molecular weight is 433 g/mol. The summed E-state index contributed by atoms with van der Waals surface area (Å²) in [6.07, 6.45) is 1.96. The molecule has 0 bridgehead atoms. The Balaban J connectivity index is 1.86.